The van der Waals surface area contributed by atoms with Crippen molar-refractivity contribution in [2.24, 2.45) is 7.05 Å². The molecule has 8 nitrogen and oxygen atoms in total. The largest absolute Gasteiger partial charge is 0.449 e. The number of anilines is 1. The number of fused-ring (bicyclic) bond motifs is 1. The number of para-hydroxylation sites is 1. The maximum atomic E-state index is 13.0. The Morgan fingerprint density at radius 2 is 1.82 bits per heavy atom. The van der Waals surface area contributed by atoms with Gasteiger partial charge in [0, 0.05) is 23.0 Å². The van der Waals surface area contributed by atoms with Gasteiger partial charge in [0.15, 0.2) is 6.10 Å². The molecular formula is C24H22ClN3O5. The van der Waals surface area contributed by atoms with Crippen LogP contribution in [0.25, 0.3) is 16.7 Å². The van der Waals surface area contributed by atoms with Crippen molar-refractivity contribution < 1.29 is 18.7 Å². The summed E-state index contributed by atoms with van der Waals surface area (Å²) in [6, 6.07) is 14.1. The minimum Gasteiger partial charge on any atom is -0.449 e. The van der Waals surface area contributed by atoms with E-state index < -0.39 is 23.5 Å². The number of aromatic nitrogens is 2. The highest BCUT2D eigenvalue weighted by Gasteiger charge is 2.26. The molecule has 2 heterocycles. The van der Waals surface area contributed by atoms with Crippen molar-refractivity contribution in [1.29, 1.82) is 0 Å². The van der Waals surface area contributed by atoms with E-state index in [-0.39, 0.29) is 11.4 Å². The van der Waals surface area contributed by atoms with Crippen LogP contribution in [0.5, 0.6) is 0 Å². The number of nitrogens with one attached hydrogen (secondary N) is 1. The number of nitrogens with zero attached hydrogens (tertiary/aromatic N) is 2. The third kappa shape index (κ3) is 4.05. The lowest BCUT2D eigenvalue weighted by Crippen LogP contribution is -2.32. The molecule has 0 saturated carbocycles. The standard InChI is InChI=1S/C24H22ClN3O5/c1-13-18-12-16(25)10-11-19(18)33-21(13)24(31)32-15(3)22(29)26-20-14(2)27(4)28(23(20)30)17-8-6-5-7-9-17/h5-12,15H,1-4H3,(H,26,29). The number of aryl methyl sites for hydroxylation is 1. The normalized spacial score (nSPS) is 12.0. The summed E-state index contributed by atoms with van der Waals surface area (Å²) in [4.78, 5) is 38.4. The molecule has 0 fully saturated rings. The second kappa shape index (κ2) is 8.63. The van der Waals surface area contributed by atoms with Crippen LogP contribution < -0.4 is 10.9 Å². The third-order valence-electron chi connectivity index (χ3n) is 5.54. The minimum absolute atomic E-state index is 0.00533. The number of furan rings is 1. The molecule has 33 heavy (non-hydrogen) atoms. The lowest BCUT2D eigenvalue weighted by Gasteiger charge is -2.12. The topological polar surface area (TPSA) is 95.5 Å². The number of benzene rings is 2. The van der Waals surface area contributed by atoms with Gasteiger partial charge in [-0.3, -0.25) is 14.3 Å². The molecule has 2 aromatic heterocycles. The Balaban J connectivity index is 1.54. The number of hydrogen-bond donors (Lipinski definition) is 1. The van der Waals surface area contributed by atoms with Gasteiger partial charge in [0.05, 0.1) is 11.4 Å². The van der Waals surface area contributed by atoms with Gasteiger partial charge in [0.1, 0.15) is 11.3 Å². The first-order valence-electron chi connectivity index (χ1n) is 10.2. The van der Waals surface area contributed by atoms with E-state index in [0.29, 0.717) is 32.9 Å². The fourth-order valence-electron chi connectivity index (χ4n) is 3.59. The van der Waals surface area contributed by atoms with Gasteiger partial charge >= 0.3 is 5.97 Å². The first kappa shape index (κ1) is 22.4. The Labute approximate surface area is 194 Å². The van der Waals surface area contributed by atoms with E-state index in [1.807, 2.05) is 18.2 Å². The van der Waals surface area contributed by atoms with Crippen LogP contribution in [0.3, 0.4) is 0 Å². The van der Waals surface area contributed by atoms with Crippen molar-refractivity contribution >= 4 is 40.1 Å². The summed E-state index contributed by atoms with van der Waals surface area (Å²) in [7, 11) is 1.72. The summed E-state index contributed by atoms with van der Waals surface area (Å²) in [5.74, 6) is -1.42. The summed E-state index contributed by atoms with van der Waals surface area (Å²) in [5.41, 5.74) is 1.99. The van der Waals surface area contributed by atoms with Crippen LogP contribution in [-0.2, 0) is 16.6 Å². The summed E-state index contributed by atoms with van der Waals surface area (Å²) >= 11 is 6.02. The number of hydrogen-bond acceptors (Lipinski definition) is 5. The highest BCUT2D eigenvalue weighted by molar-refractivity contribution is 6.31. The van der Waals surface area contributed by atoms with E-state index in [1.165, 1.54) is 11.6 Å². The van der Waals surface area contributed by atoms with Crippen LogP contribution in [0.15, 0.2) is 57.7 Å². The second-order valence-corrected chi connectivity index (χ2v) is 8.11. The predicted octanol–water partition coefficient (Wildman–Crippen LogP) is 4.38. The number of ether oxygens (including phenoxy) is 1. The molecule has 0 aliphatic rings. The van der Waals surface area contributed by atoms with Crippen molar-refractivity contribution in [3.05, 3.63) is 80.9 Å². The third-order valence-corrected chi connectivity index (χ3v) is 5.77. The maximum Gasteiger partial charge on any atom is 0.375 e. The summed E-state index contributed by atoms with van der Waals surface area (Å²) in [5, 5.41) is 3.80. The van der Waals surface area contributed by atoms with E-state index in [0.717, 1.165) is 0 Å². The van der Waals surface area contributed by atoms with Gasteiger partial charge in [-0.1, -0.05) is 29.8 Å². The molecule has 0 aliphatic heterocycles. The molecule has 170 valence electrons. The van der Waals surface area contributed by atoms with Gasteiger partial charge in [-0.2, -0.15) is 0 Å². The summed E-state index contributed by atoms with van der Waals surface area (Å²) < 4.78 is 14.0. The lowest BCUT2D eigenvalue weighted by molar-refractivity contribution is -0.123. The smallest absolute Gasteiger partial charge is 0.375 e. The monoisotopic (exact) mass is 467 g/mol. The van der Waals surface area contributed by atoms with Gasteiger partial charge < -0.3 is 14.5 Å². The molecule has 0 saturated heterocycles. The molecule has 1 amide bonds. The predicted molar refractivity (Wildman–Crippen MR) is 125 cm³/mol. The van der Waals surface area contributed by atoms with E-state index in [1.54, 1.807) is 55.9 Å². The van der Waals surface area contributed by atoms with Crippen LogP contribution in [0.2, 0.25) is 5.02 Å². The molecule has 1 atom stereocenters. The average molecular weight is 468 g/mol. The molecule has 4 aromatic rings. The Morgan fingerprint density at radius 1 is 1.12 bits per heavy atom. The Bertz CT molecular complexity index is 1430. The number of halogens is 1. The fraction of sp³-hybridized carbons (Fsp3) is 0.208. The first-order valence-corrected chi connectivity index (χ1v) is 10.6. The second-order valence-electron chi connectivity index (χ2n) is 7.67. The number of carbonyl (C=O) groups is 2. The molecule has 9 heteroatoms. The molecule has 4 rings (SSSR count). The molecule has 0 aliphatic carbocycles. The lowest BCUT2D eigenvalue weighted by atomic mass is 10.1. The quantitative estimate of drug-likeness (QED) is 0.439. The van der Waals surface area contributed by atoms with Crippen molar-refractivity contribution in [2.75, 3.05) is 5.32 Å². The van der Waals surface area contributed by atoms with E-state index >= 15 is 0 Å². The number of rotatable bonds is 5. The Hall–Kier alpha value is -3.78. The fourth-order valence-corrected chi connectivity index (χ4v) is 3.76. The van der Waals surface area contributed by atoms with Gasteiger partial charge in [0.25, 0.3) is 11.5 Å². The van der Waals surface area contributed by atoms with Gasteiger partial charge in [0.2, 0.25) is 5.76 Å². The van der Waals surface area contributed by atoms with Crippen LogP contribution in [0.1, 0.15) is 28.7 Å². The molecule has 1 N–H and O–H groups in total. The van der Waals surface area contributed by atoms with Gasteiger partial charge in [-0.05, 0) is 51.1 Å². The number of esters is 1. The van der Waals surface area contributed by atoms with Crippen molar-refractivity contribution in [2.45, 2.75) is 26.9 Å². The van der Waals surface area contributed by atoms with E-state index in [4.69, 9.17) is 20.8 Å². The molecule has 1 unspecified atom stereocenters. The van der Waals surface area contributed by atoms with Crippen molar-refractivity contribution in [3.8, 4) is 5.69 Å². The molecule has 0 radical (unpaired) electrons. The average Bonchev–Trinajstić information content (AvgIpc) is 3.23. The molecule has 0 bridgehead atoms. The molecule has 0 spiro atoms. The molecule has 2 aromatic carbocycles. The van der Waals surface area contributed by atoms with Crippen molar-refractivity contribution in [1.82, 2.24) is 9.36 Å². The SMILES string of the molecule is Cc1c(C(=O)OC(C)C(=O)Nc2c(C)n(C)n(-c3ccccc3)c2=O)oc2ccc(Cl)cc12. The summed E-state index contributed by atoms with van der Waals surface area (Å²) in [6.45, 7) is 4.86. The first-order chi connectivity index (χ1) is 15.7. The number of carbonyl (C=O) groups excluding carboxylic acids is 2. The molecular weight excluding hydrogens is 446 g/mol. The zero-order chi connectivity index (χ0) is 23.9. The van der Waals surface area contributed by atoms with E-state index in [9.17, 15) is 14.4 Å². The van der Waals surface area contributed by atoms with Crippen LogP contribution >= 0.6 is 11.6 Å². The minimum atomic E-state index is -1.17. The Kier molecular flexibility index (Phi) is 5.86. The van der Waals surface area contributed by atoms with E-state index in [2.05, 4.69) is 5.32 Å². The summed E-state index contributed by atoms with van der Waals surface area (Å²) in [6.07, 6.45) is -1.17. The van der Waals surface area contributed by atoms with Crippen LogP contribution in [-0.4, -0.2) is 27.3 Å². The number of amides is 1. The highest BCUT2D eigenvalue weighted by Crippen LogP contribution is 2.28. The van der Waals surface area contributed by atoms with Gasteiger partial charge in [-0.15, -0.1) is 0 Å². The van der Waals surface area contributed by atoms with Crippen LogP contribution in [0.4, 0.5) is 5.69 Å². The highest BCUT2D eigenvalue weighted by atomic mass is 35.5. The van der Waals surface area contributed by atoms with Crippen LogP contribution in [0, 0.1) is 13.8 Å². The Morgan fingerprint density at radius 3 is 2.52 bits per heavy atom. The maximum absolute atomic E-state index is 13.0. The zero-order valence-corrected chi connectivity index (χ0v) is 19.3. The van der Waals surface area contributed by atoms with Crippen molar-refractivity contribution in [3.63, 3.8) is 0 Å². The van der Waals surface area contributed by atoms with Gasteiger partial charge in [-0.25, -0.2) is 9.48 Å². The zero-order valence-electron chi connectivity index (χ0n) is 18.5.